The van der Waals surface area contributed by atoms with E-state index in [9.17, 15) is 9.59 Å². The number of rotatable bonds is 4. The van der Waals surface area contributed by atoms with Gasteiger partial charge in [-0.05, 0) is 54.3 Å². The van der Waals surface area contributed by atoms with Crippen LogP contribution in [0.4, 0.5) is 0 Å². The number of benzene rings is 2. The van der Waals surface area contributed by atoms with Crippen molar-refractivity contribution in [2.45, 2.75) is 20.5 Å². The molecule has 0 aromatic heterocycles. The quantitative estimate of drug-likeness (QED) is 0.632. The number of ether oxygens (including phenoxy) is 1. The largest absolute Gasteiger partial charge is 0.457 e. The molecule has 108 valence electrons. The Bertz CT molecular complexity index is 678. The monoisotopic (exact) mass is 302 g/mol. The van der Waals surface area contributed by atoms with Crippen molar-refractivity contribution in [2.24, 2.45) is 0 Å². The Kier molecular flexibility index (Phi) is 4.76. The fourth-order valence-electron chi connectivity index (χ4n) is 2.06. The lowest BCUT2D eigenvalue weighted by Gasteiger charge is -2.11. The minimum atomic E-state index is -0.528. The molecule has 21 heavy (non-hydrogen) atoms. The number of esters is 1. The number of carbonyl (C=O) groups excluding carboxylic acids is 2. The van der Waals surface area contributed by atoms with Crippen molar-refractivity contribution in [1.29, 1.82) is 0 Å². The molecule has 0 saturated heterocycles. The zero-order valence-corrected chi connectivity index (χ0v) is 12.6. The lowest BCUT2D eigenvalue weighted by Crippen LogP contribution is -2.09. The maximum atomic E-state index is 12.1. The third-order valence-corrected chi connectivity index (χ3v) is 3.64. The van der Waals surface area contributed by atoms with Crippen LogP contribution in [0.15, 0.2) is 42.5 Å². The van der Waals surface area contributed by atoms with E-state index in [-0.39, 0.29) is 6.61 Å². The van der Waals surface area contributed by atoms with Gasteiger partial charge in [0.05, 0.1) is 5.56 Å². The average Bonchev–Trinajstić information content (AvgIpc) is 2.48. The van der Waals surface area contributed by atoms with Gasteiger partial charge in [-0.2, -0.15) is 0 Å². The maximum absolute atomic E-state index is 12.1. The van der Waals surface area contributed by atoms with Crippen molar-refractivity contribution in [3.05, 3.63) is 70.3 Å². The van der Waals surface area contributed by atoms with Crippen molar-refractivity contribution in [2.75, 3.05) is 0 Å². The molecule has 0 amide bonds. The predicted octanol–water partition coefficient (Wildman–Crippen LogP) is 4.04. The number of hydrogen-bond acceptors (Lipinski definition) is 3. The number of hydrogen-bond donors (Lipinski definition) is 0. The molecule has 2 aromatic rings. The van der Waals surface area contributed by atoms with Crippen LogP contribution in [0.3, 0.4) is 0 Å². The molecule has 0 bridgehead atoms. The Morgan fingerprint density at radius 1 is 0.952 bits per heavy atom. The Morgan fingerprint density at radius 2 is 1.52 bits per heavy atom. The second-order valence-electron chi connectivity index (χ2n) is 4.75. The van der Waals surface area contributed by atoms with E-state index in [0.717, 1.165) is 5.56 Å². The summed E-state index contributed by atoms with van der Waals surface area (Å²) in [5, 5.41) is -0.528. The Morgan fingerprint density at radius 3 is 2.14 bits per heavy atom. The minimum absolute atomic E-state index is 0.217. The van der Waals surface area contributed by atoms with E-state index in [0.29, 0.717) is 22.3 Å². The molecule has 0 radical (unpaired) electrons. The Hall–Kier alpha value is -2.13. The van der Waals surface area contributed by atoms with E-state index in [1.165, 1.54) is 0 Å². The molecule has 0 spiro atoms. The van der Waals surface area contributed by atoms with Crippen LogP contribution in [0.1, 0.15) is 37.4 Å². The fraction of sp³-hybridized carbons (Fsp3) is 0.176. The van der Waals surface area contributed by atoms with Gasteiger partial charge in [0.1, 0.15) is 6.61 Å². The lowest BCUT2D eigenvalue weighted by molar-refractivity contribution is 0.0471. The summed E-state index contributed by atoms with van der Waals surface area (Å²) in [5.41, 5.74) is 3.19. The van der Waals surface area contributed by atoms with Gasteiger partial charge in [-0.3, -0.25) is 4.79 Å². The van der Waals surface area contributed by atoms with Gasteiger partial charge in [-0.1, -0.05) is 30.3 Å². The third-order valence-electron chi connectivity index (χ3n) is 3.43. The summed E-state index contributed by atoms with van der Waals surface area (Å²) in [6.45, 7) is 3.76. The summed E-state index contributed by atoms with van der Waals surface area (Å²) in [6, 6.07) is 12.6. The normalized spacial score (nSPS) is 10.2. The molecule has 0 unspecified atom stereocenters. The molecule has 3 nitrogen and oxygen atoms in total. The smallest absolute Gasteiger partial charge is 0.338 e. The highest BCUT2D eigenvalue weighted by atomic mass is 35.5. The second-order valence-corrected chi connectivity index (χ2v) is 5.09. The summed E-state index contributed by atoms with van der Waals surface area (Å²) < 4.78 is 5.29. The molecule has 0 heterocycles. The molecular formula is C17H15ClO3. The zero-order chi connectivity index (χ0) is 15.4. The molecule has 0 N–H and O–H groups in total. The van der Waals surface area contributed by atoms with Gasteiger partial charge in [-0.15, -0.1) is 0 Å². The van der Waals surface area contributed by atoms with Gasteiger partial charge < -0.3 is 4.74 Å². The van der Waals surface area contributed by atoms with Crippen LogP contribution in [0.2, 0.25) is 0 Å². The second kappa shape index (κ2) is 6.55. The van der Waals surface area contributed by atoms with Crippen LogP contribution in [0.25, 0.3) is 0 Å². The summed E-state index contributed by atoms with van der Waals surface area (Å²) >= 11 is 5.50. The molecule has 0 fully saturated rings. The van der Waals surface area contributed by atoms with Crippen LogP contribution in [-0.2, 0) is 11.3 Å². The predicted molar refractivity (Wildman–Crippen MR) is 81.7 cm³/mol. The Labute approximate surface area is 128 Å². The first kappa shape index (κ1) is 15.3. The SMILES string of the molecule is Cc1c(C(=O)Cl)ccc(C(=O)OCc2ccccc2)c1C. The van der Waals surface area contributed by atoms with E-state index in [1.54, 1.807) is 26.0 Å². The van der Waals surface area contributed by atoms with E-state index >= 15 is 0 Å². The maximum Gasteiger partial charge on any atom is 0.338 e. The van der Waals surface area contributed by atoms with Gasteiger partial charge in [0, 0.05) is 5.56 Å². The topological polar surface area (TPSA) is 43.4 Å². The first-order valence-electron chi connectivity index (χ1n) is 6.51. The van der Waals surface area contributed by atoms with Crippen LogP contribution in [-0.4, -0.2) is 11.2 Å². The van der Waals surface area contributed by atoms with Gasteiger partial charge in [-0.25, -0.2) is 4.79 Å². The van der Waals surface area contributed by atoms with E-state index < -0.39 is 11.2 Å². The Balaban J connectivity index is 2.16. The van der Waals surface area contributed by atoms with Crippen molar-refractivity contribution >= 4 is 22.8 Å². The van der Waals surface area contributed by atoms with Crippen molar-refractivity contribution in [3.63, 3.8) is 0 Å². The van der Waals surface area contributed by atoms with Crippen molar-refractivity contribution < 1.29 is 14.3 Å². The number of halogens is 1. The molecule has 4 heteroatoms. The first-order valence-corrected chi connectivity index (χ1v) is 6.89. The summed E-state index contributed by atoms with van der Waals surface area (Å²) in [7, 11) is 0. The molecule has 0 atom stereocenters. The van der Waals surface area contributed by atoms with Gasteiger partial charge in [0.2, 0.25) is 0 Å². The highest BCUT2D eigenvalue weighted by Crippen LogP contribution is 2.20. The summed E-state index contributed by atoms with van der Waals surface area (Å²) in [5.74, 6) is -0.409. The molecule has 0 saturated carbocycles. The zero-order valence-electron chi connectivity index (χ0n) is 11.9. The van der Waals surface area contributed by atoms with Gasteiger partial charge in [0.15, 0.2) is 0 Å². The highest BCUT2D eigenvalue weighted by Gasteiger charge is 2.16. The molecule has 0 aliphatic carbocycles. The molecular weight excluding hydrogens is 288 g/mol. The van der Waals surface area contributed by atoms with Crippen molar-refractivity contribution in [3.8, 4) is 0 Å². The highest BCUT2D eigenvalue weighted by molar-refractivity contribution is 6.67. The van der Waals surface area contributed by atoms with Crippen LogP contribution < -0.4 is 0 Å². The van der Waals surface area contributed by atoms with Crippen molar-refractivity contribution in [1.82, 2.24) is 0 Å². The third kappa shape index (κ3) is 3.50. The lowest BCUT2D eigenvalue weighted by atomic mass is 9.98. The van der Waals surface area contributed by atoms with Crippen LogP contribution in [0, 0.1) is 13.8 Å². The summed E-state index contributed by atoms with van der Waals surface area (Å²) in [6.07, 6.45) is 0. The standard InChI is InChI=1S/C17H15ClO3/c1-11-12(2)15(9-8-14(11)16(18)19)17(20)21-10-13-6-4-3-5-7-13/h3-9H,10H2,1-2H3. The number of carbonyl (C=O) groups is 2. The van der Waals surface area contributed by atoms with E-state index in [1.807, 2.05) is 30.3 Å². The average molecular weight is 303 g/mol. The fourth-order valence-corrected chi connectivity index (χ4v) is 2.26. The van der Waals surface area contributed by atoms with Gasteiger partial charge in [0.25, 0.3) is 5.24 Å². The minimum Gasteiger partial charge on any atom is -0.457 e. The van der Waals surface area contributed by atoms with E-state index in [2.05, 4.69) is 0 Å². The van der Waals surface area contributed by atoms with Crippen LogP contribution >= 0.6 is 11.6 Å². The first-order chi connectivity index (χ1) is 10.0. The van der Waals surface area contributed by atoms with Crippen LogP contribution in [0.5, 0.6) is 0 Å². The van der Waals surface area contributed by atoms with E-state index in [4.69, 9.17) is 16.3 Å². The van der Waals surface area contributed by atoms with Gasteiger partial charge >= 0.3 is 5.97 Å². The molecule has 2 rings (SSSR count). The molecule has 2 aromatic carbocycles. The molecule has 0 aliphatic heterocycles. The molecule has 0 aliphatic rings. The summed E-state index contributed by atoms with van der Waals surface area (Å²) in [4.78, 5) is 23.4.